The number of benzene rings is 1. The first kappa shape index (κ1) is 16.9. The monoisotopic (exact) mass is 331 g/mol. The van der Waals surface area contributed by atoms with E-state index in [-0.39, 0.29) is 0 Å². The number of amidine groups is 2. The zero-order valence-corrected chi connectivity index (χ0v) is 13.6. The number of methoxy groups -OCH3 is 1. The molecule has 0 amide bonds. The summed E-state index contributed by atoms with van der Waals surface area (Å²) in [6, 6.07) is 5.74. The molecular formula is C16H18ClN5O. The van der Waals surface area contributed by atoms with E-state index in [1.807, 2.05) is 18.2 Å². The minimum atomic E-state index is 0.557. The van der Waals surface area contributed by atoms with Crippen molar-refractivity contribution in [3.63, 3.8) is 0 Å². The van der Waals surface area contributed by atoms with Crippen LogP contribution in [0.15, 0.2) is 50.6 Å². The second-order valence-corrected chi connectivity index (χ2v) is 5.06. The molecule has 1 N–H and O–H groups in total. The van der Waals surface area contributed by atoms with Gasteiger partial charge in [0.05, 0.1) is 18.6 Å². The second-order valence-electron chi connectivity index (χ2n) is 4.66. The highest BCUT2D eigenvalue weighted by atomic mass is 35.5. The SMILES string of the molecule is C=N/C=C\NC1=NC=NC(=NCCc2ccc(OC)c(Cl)c2)C1. The number of aliphatic imine (C=N–C) groups is 4. The van der Waals surface area contributed by atoms with Gasteiger partial charge in [0.1, 0.15) is 23.8 Å². The number of ether oxygens (including phenoxy) is 1. The Bertz CT molecular complexity index is 679. The summed E-state index contributed by atoms with van der Waals surface area (Å²) in [5.41, 5.74) is 1.10. The lowest BCUT2D eigenvalue weighted by molar-refractivity contribution is 0.415. The van der Waals surface area contributed by atoms with Crippen LogP contribution in [0.5, 0.6) is 5.75 Å². The molecule has 1 aliphatic rings. The third kappa shape index (κ3) is 5.34. The molecule has 23 heavy (non-hydrogen) atoms. The standard InChI is InChI=1S/C16H18ClN5O/c1-18-7-8-20-16-10-15(21-11-22-16)19-6-5-12-3-4-14(23-2)13(17)9-12/h3-4,7-9,11H,1,5-6,10H2,2H3,(H,19,20,21,22)/b8-7-. The molecule has 0 unspecified atom stereocenters. The van der Waals surface area contributed by atoms with Crippen LogP contribution in [0.1, 0.15) is 12.0 Å². The molecule has 120 valence electrons. The first-order chi connectivity index (χ1) is 11.2. The van der Waals surface area contributed by atoms with Gasteiger partial charge < -0.3 is 10.1 Å². The average Bonchev–Trinajstić information content (AvgIpc) is 2.56. The Hall–Kier alpha value is -2.47. The highest BCUT2D eigenvalue weighted by Crippen LogP contribution is 2.25. The van der Waals surface area contributed by atoms with Gasteiger partial charge in [-0.05, 0) is 30.8 Å². The van der Waals surface area contributed by atoms with Gasteiger partial charge in [-0.2, -0.15) is 0 Å². The van der Waals surface area contributed by atoms with E-state index < -0.39 is 0 Å². The Labute approximate surface area is 140 Å². The summed E-state index contributed by atoms with van der Waals surface area (Å²) in [6.07, 6.45) is 6.05. The molecule has 1 aliphatic heterocycles. The van der Waals surface area contributed by atoms with Crippen molar-refractivity contribution < 1.29 is 4.74 Å². The summed E-state index contributed by atoms with van der Waals surface area (Å²) >= 11 is 6.11. The van der Waals surface area contributed by atoms with Crippen LogP contribution in [-0.2, 0) is 6.42 Å². The van der Waals surface area contributed by atoms with Crippen LogP contribution >= 0.6 is 11.6 Å². The van der Waals surface area contributed by atoms with Gasteiger partial charge in [-0.1, -0.05) is 17.7 Å². The van der Waals surface area contributed by atoms with Crippen LogP contribution in [0.25, 0.3) is 0 Å². The van der Waals surface area contributed by atoms with Crippen molar-refractivity contribution in [3.8, 4) is 5.75 Å². The van der Waals surface area contributed by atoms with Gasteiger partial charge in [-0.25, -0.2) is 9.98 Å². The topological polar surface area (TPSA) is 70.7 Å². The normalized spacial score (nSPS) is 15.7. The number of halogens is 1. The smallest absolute Gasteiger partial charge is 0.137 e. The third-order valence-electron chi connectivity index (χ3n) is 3.09. The molecule has 0 saturated heterocycles. The fourth-order valence-corrected chi connectivity index (χ4v) is 2.24. The Kier molecular flexibility index (Phi) is 6.50. The van der Waals surface area contributed by atoms with Crippen LogP contribution < -0.4 is 10.1 Å². The van der Waals surface area contributed by atoms with Crippen molar-refractivity contribution in [2.75, 3.05) is 13.7 Å². The van der Waals surface area contributed by atoms with E-state index in [2.05, 4.69) is 32.0 Å². The van der Waals surface area contributed by atoms with E-state index in [1.165, 1.54) is 6.34 Å². The summed E-state index contributed by atoms with van der Waals surface area (Å²) in [5.74, 6) is 2.18. The van der Waals surface area contributed by atoms with E-state index in [9.17, 15) is 0 Å². The van der Waals surface area contributed by atoms with Gasteiger partial charge in [0.25, 0.3) is 0 Å². The Morgan fingerprint density at radius 2 is 2.35 bits per heavy atom. The molecule has 1 aromatic rings. The molecule has 6 nitrogen and oxygen atoms in total. The van der Waals surface area contributed by atoms with E-state index >= 15 is 0 Å². The van der Waals surface area contributed by atoms with Gasteiger partial charge in [0.2, 0.25) is 0 Å². The van der Waals surface area contributed by atoms with Gasteiger partial charge >= 0.3 is 0 Å². The zero-order valence-electron chi connectivity index (χ0n) is 12.9. The first-order valence-electron chi connectivity index (χ1n) is 7.05. The van der Waals surface area contributed by atoms with Crippen molar-refractivity contribution in [2.45, 2.75) is 12.8 Å². The highest BCUT2D eigenvalue weighted by molar-refractivity contribution is 6.32. The molecule has 2 rings (SSSR count). The quantitative estimate of drug-likeness (QED) is 0.814. The lowest BCUT2D eigenvalue weighted by Crippen LogP contribution is -2.23. The summed E-state index contributed by atoms with van der Waals surface area (Å²) in [4.78, 5) is 16.4. The van der Waals surface area contributed by atoms with Crippen LogP contribution in [0.3, 0.4) is 0 Å². The van der Waals surface area contributed by atoms with Crippen molar-refractivity contribution >= 4 is 36.3 Å². The second kappa shape index (κ2) is 8.85. The molecule has 0 atom stereocenters. The number of nitrogens with zero attached hydrogens (tertiary/aromatic N) is 4. The minimum Gasteiger partial charge on any atom is -0.495 e. The highest BCUT2D eigenvalue weighted by Gasteiger charge is 2.07. The fraction of sp³-hybridized carbons (Fsp3) is 0.250. The number of hydrogen-bond acceptors (Lipinski definition) is 5. The Morgan fingerprint density at radius 1 is 1.48 bits per heavy atom. The average molecular weight is 332 g/mol. The fourth-order valence-electron chi connectivity index (χ4n) is 1.96. The molecular weight excluding hydrogens is 314 g/mol. The van der Waals surface area contributed by atoms with Crippen LogP contribution in [0.2, 0.25) is 5.02 Å². The minimum absolute atomic E-state index is 0.557. The molecule has 7 heteroatoms. The maximum absolute atomic E-state index is 6.11. The van der Waals surface area contributed by atoms with Crippen molar-refractivity contribution in [1.29, 1.82) is 0 Å². The van der Waals surface area contributed by atoms with Gasteiger partial charge in [0.15, 0.2) is 0 Å². The van der Waals surface area contributed by atoms with Gasteiger partial charge in [0, 0.05) is 18.9 Å². The van der Waals surface area contributed by atoms with Crippen LogP contribution in [0.4, 0.5) is 0 Å². The number of nitrogens with one attached hydrogen (secondary N) is 1. The summed E-state index contributed by atoms with van der Waals surface area (Å²) in [7, 11) is 1.60. The summed E-state index contributed by atoms with van der Waals surface area (Å²) in [5, 5.41) is 3.62. The molecule has 0 bridgehead atoms. The van der Waals surface area contributed by atoms with Gasteiger partial charge in [-0.3, -0.25) is 9.98 Å². The molecule has 0 fully saturated rings. The molecule has 0 aliphatic carbocycles. The van der Waals surface area contributed by atoms with E-state index in [1.54, 1.807) is 19.5 Å². The molecule has 0 saturated carbocycles. The predicted molar refractivity (Wildman–Crippen MR) is 96.4 cm³/mol. The predicted octanol–water partition coefficient (Wildman–Crippen LogP) is 2.88. The summed E-state index contributed by atoms with van der Waals surface area (Å²) in [6.45, 7) is 3.99. The lowest BCUT2D eigenvalue weighted by atomic mass is 10.1. The maximum Gasteiger partial charge on any atom is 0.137 e. The van der Waals surface area contributed by atoms with Crippen LogP contribution in [0, 0.1) is 0 Å². The number of hydrogen-bond donors (Lipinski definition) is 1. The molecule has 0 radical (unpaired) electrons. The lowest BCUT2D eigenvalue weighted by Gasteiger charge is -2.09. The van der Waals surface area contributed by atoms with Gasteiger partial charge in [-0.15, -0.1) is 0 Å². The van der Waals surface area contributed by atoms with E-state index in [0.29, 0.717) is 23.7 Å². The van der Waals surface area contributed by atoms with E-state index in [4.69, 9.17) is 16.3 Å². The first-order valence-corrected chi connectivity index (χ1v) is 7.43. The summed E-state index contributed by atoms with van der Waals surface area (Å²) < 4.78 is 5.14. The number of rotatable bonds is 6. The molecule has 0 spiro atoms. The Morgan fingerprint density at radius 3 is 3.09 bits per heavy atom. The zero-order chi connectivity index (χ0) is 16.5. The van der Waals surface area contributed by atoms with E-state index in [0.717, 1.165) is 23.7 Å². The van der Waals surface area contributed by atoms with Crippen LogP contribution in [-0.4, -0.2) is 38.4 Å². The van der Waals surface area contributed by atoms with Crippen molar-refractivity contribution in [3.05, 3.63) is 41.2 Å². The largest absolute Gasteiger partial charge is 0.495 e. The van der Waals surface area contributed by atoms with Crippen molar-refractivity contribution in [2.24, 2.45) is 20.0 Å². The third-order valence-corrected chi connectivity index (χ3v) is 3.38. The molecule has 1 aromatic carbocycles. The van der Waals surface area contributed by atoms with Crippen molar-refractivity contribution in [1.82, 2.24) is 5.32 Å². The molecule has 1 heterocycles. The maximum atomic E-state index is 6.11. The molecule has 0 aromatic heterocycles. The Balaban J connectivity index is 1.87.